The number of anilines is 1. The molecule has 0 heterocycles. The number of rotatable bonds is 1. The maximum Gasteiger partial charge on any atom is 1.00 e. The molecule has 0 aliphatic carbocycles. The van der Waals surface area contributed by atoms with Gasteiger partial charge < -0.3 is 4.90 Å². The Labute approximate surface area is 84.3 Å². The summed E-state index contributed by atoms with van der Waals surface area (Å²) < 4.78 is 0. The van der Waals surface area contributed by atoms with Crippen LogP contribution in [0.1, 0.15) is 0 Å². The standard InChI is InChI=1S/C8H10N.Na/c1-9(2)8-6-4-3-5-7-8;/h4-7H,1-2H3;/q-1;+1. The molecular formula is C8H10NNa. The fourth-order valence-electron chi connectivity index (χ4n) is 0.676. The molecule has 0 N–H and O–H groups in total. The van der Waals surface area contributed by atoms with E-state index in [-0.39, 0.29) is 29.6 Å². The van der Waals surface area contributed by atoms with Gasteiger partial charge in [-0.2, -0.15) is 18.2 Å². The average Bonchev–Trinajstić information content (AvgIpc) is 1.90. The van der Waals surface area contributed by atoms with Crippen LogP contribution in [-0.2, 0) is 0 Å². The quantitative estimate of drug-likeness (QED) is 0.344. The third kappa shape index (κ3) is 2.74. The zero-order valence-electron chi connectivity index (χ0n) is 6.76. The van der Waals surface area contributed by atoms with Crippen molar-refractivity contribution in [2.75, 3.05) is 19.0 Å². The molecule has 0 saturated carbocycles. The van der Waals surface area contributed by atoms with Crippen molar-refractivity contribution in [2.24, 2.45) is 0 Å². The minimum Gasteiger partial charge on any atom is -0.399 e. The Morgan fingerprint density at radius 2 is 1.70 bits per heavy atom. The smallest absolute Gasteiger partial charge is 0.399 e. The van der Waals surface area contributed by atoms with Gasteiger partial charge in [0.15, 0.2) is 0 Å². The Hall–Kier alpha value is 0.0200. The van der Waals surface area contributed by atoms with Crippen LogP contribution in [0, 0.1) is 6.07 Å². The molecule has 0 bridgehead atoms. The molecule has 0 fully saturated rings. The Bertz CT molecular complexity index is 172. The van der Waals surface area contributed by atoms with E-state index in [2.05, 4.69) is 11.0 Å². The van der Waals surface area contributed by atoms with Crippen LogP contribution >= 0.6 is 0 Å². The molecule has 2 heteroatoms. The molecule has 0 unspecified atom stereocenters. The fourth-order valence-corrected chi connectivity index (χ4v) is 0.676. The first-order valence-electron chi connectivity index (χ1n) is 2.94. The SMILES string of the molecule is CN(C)c1cc[c-]cc1.[Na+]. The van der Waals surface area contributed by atoms with Gasteiger partial charge in [0.1, 0.15) is 0 Å². The van der Waals surface area contributed by atoms with E-state index < -0.39 is 0 Å². The molecule has 1 aromatic rings. The van der Waals surface area contributed by atoms with Crippen molar-refractivity contribution >= 4 is 5.69 Å². The van der Waals surface area contributed by atoms with Crippen LogP contribution in [0.5, 0.6) is 0 Å². The van der Waals surface area contributed by atoms with Gasteiger partial charge in [0.25, 0.3) is 0 Å². The van der Waals surface area contributed by atoms with Crippen LogP contribution in [0.15, 0.2) is 24.3 Å². The van der Waals surface area contributed by atoms with Crippen molar-refractivity contribution in [3.63, 3.8) is 0 Å². The average molecular weight is 143 g/mol. The zero-order valence-corrected chi connectivity index (χ0v) is 8.76. The van der Waals surface area contributed by atoms with Crippen molar-refractivity contribution in [3.05, 3.63) is 30.3 Å². The van der Waals surface area contributed by atoms with Gasteiger partial charge in [0.05, 0.1) is 0 Å². The maximum absolute atomic E-state index is 2.96. The summed E-state index contributed by atoms with van der Waals surface area (Å²) in [5.74, 6) is 0. The third-order valence-electron chi connectivity index (χ3n) is 1.22. The van der Waals surface area contributed by atoms with Crippen LogP contribution in [0.3, 0.4) is 0 Å². The summed E-state index contributed by atoms with van der Waals surface area (Å²) >= 11 is 0. The Morgan fingerprint density at radius 1 is 1.20 bits per heavy atom. The van der Waals surface area contributed by atoms with Crippen molar-refractivity contribution < 1.29 is 29.6 Å². The van der Waals surface area contributed by atoms with E-state index >= 15 is 0 Å². The molecule has 0 aliphatic heterocycles. The minimum absolute atomic E-state index is 0. The Kier molecular flexibility index (Phi) is 4.79. The van der Waals surface area contributed by atoms with Gasteiger partial charge in [-0.15, -0.1) is 12.1 Å². The molecular weight excluding hydrogens is 133 g/mol. The number of benzene rings is 1. The van der Waals surface area contributed by atoms with Crippen LogP contribution in [0.25, 0.3) is 0 Å². The van der Waals surface area contributed by atoms with Crippen LogP contribution < -0.4 is 34.5 Å². The summed E-state index contributed by atoms with van der Waals surface area (Å²) in [5.41, 5.74) is 1.22. The molecule has 0 atom stereocenters. The molecule has 1 aromatic carbocycles. The number of nitrogens with zero attached hydrogens (tertiary/aromatic N) is 1. The van der Waals surface area contributed by atoms with E-state index in [9.17, 15) is 0 Å². The Morgan fingerprint density at radius 3 is 2.00 bits per heavy atom. The second-order valence-electron chi connectivity index (χ2n) is 2.15. The predicted molar refractivity (Wildman–Crippen MR) is 39.6 cm³/mol. The van der Waals surface area contributed by atoms with Gasteiger partial charge in [0.2, 0.25) is 0 Å². The molecule has 1 rings (SSSR count). The summed E-state index contributed by atoms with van der Waals surface area (Å²) in [5, 5.41) is 0. The van der Waals surface area contributed by atoms with Gasteiger partial charge in [-0.3, -0.25) is 0 Å². The minimum atomic E-state index is 0. The monoisotopic (exact) mass is 143 g/mol. The van der Waals surface area contributed by atoms with E-state index in [1.807, 2.05) is 38.4 Å². The van der Waals surface area contributed by atoms with Crippen molar-refractivity contribution in [2.45, 2.75) is 0 Å². The summed E-state index contributed by atoms with van der Waals surface area (Å²) in [6.45, 7) is 0. The van der Waals surface area contributed by atoms with Crippen molar-refractivity contribution in [1.82, 2.24) is 0 Å². The summed E-state index contributed by atoms with van der Waals surface area (Å²) in [7, 11) is 4.05. The first-order valence-corrected chi connectivity index (χ1v) is 2.94. The summed E-state index contributed by atoms with van der Waals surface area (Å²) in [6, 6.07) is 10.8. The number of hydrogen-bond acceptors (Lipinski definition) is 1. The molecule has 0 saturated heterocycles. The molecule has 0 radical (unpaired) electrons. The first kappa shape index (κ1) is 10.0. The largest absolute Gasteiger partial charge is 1.00 e. The second-order valence-corrected chi connectivity index (χ2v) is 2.15. The van der Waals surface area contributed by atoms with E-state index in [1.54, 1.807) is 0 Å². The van der Waals surface area contributed by atoms with E-state index in [0.717, 1.165) is 0 Å². The fraction of sp³-hybridized carbons (Fsp3) is 0.250. The maximum atomic E-state index is 2.96. The van der Waals surface area contributed by atoms with Gasteiger partial charge in [-0.05, 0) is 0 Å². The predicted octanol–water partition coefficient (Wildman–Crippen LogP) is -1.44. The molecule has 48 valence electrons. The van der Waals surface area contributed by atoms with Crippen LogP contribution in [0.4, 0.5) is 5.69 Å². The molecule has 0 aliphatic rings. The second kappa shape index (κ2) is 4.78. The van der Waals surface area contributed by atoms with E-state index in [1.165, 1.54) is 5.69 Å². The van der Waals surface area contributed by atoms with Gasteiger partial charge in [0, 0.05) is 14.1 Å². The zero-order chi connectivity index (χ0) is 6.69. The normalized spacial score (nSPS) is 8.20. The molecule has 0 amide bonds. The van der Waals surface area contributed by atoms with Crippen LogP contribution in [0.2, 0.25) is 0 Å². The van der Waals surface area contributed by atoms with E-state index in [4.69, 9.17) is 0 Å². The van der Waals surface area contributed by atoms with Crippen molar-refractivity contribution in [1.29, 1.82) is 0 Å². The molecule has 0 aromatic heterocycles. The third-order valence-corrected chi connectivity index (χ3v) is 1.22. The molecule has 0 spiro atoms. The number of hydrogen-bond donors (Lipinski definition) is 0. The van der Waals surface area contributed by atoms with E-state index in [0.29, 0.717) is 0 Å². The summed E-state index contributed by atoms with van der Waals surface area (Å²) in [6.07, 6.45) is 0. The summed E-state index contributed by atoms with van der Waals surface area (Å²) in [4.78, 5) is 2.06. The Balaban J connectivity index is 0.000000810. The molecule has 1 nitrogen and oxygen atoms in total. The van der Waals surface area contributed by atoms with Gasteiger partial charge in [-0.25, -0.2) is 0 Å². The van der Waals surface area contributed by atoms with Gasteiger partial charge >= 0.3 is 29.6 Å². The van der Waals surface area contributed by atoms with Crippen molar-refractivity contribution in [3.8, 4) is 0 Å². The van der Waals surface area contributed by atoms with Gasteiger partial charge in [-0.1, -0.05) is 5.69 Å². The van der Waals surface area contributed by atoms with Crippen LogP contribution in [-0.4, -0.2) is 14.1 Å². The first-order chi connectivity index (χ1) is 4.30. The topological polar surface area (TPSA) is 3.24 Å². The molecule has 10 heavy (non-hydrogen) atoms.